The van der Waals surface area contributed by atoms with Crippen LogP contribution in [0, 0.1) is 10.1 Å². The Morgan fingerprint density at radius 2 is 2.06 bits per heavy atom. The molecule has 0 heterocycles. The van der Waals surface area contributed by atoms with Crippen LogP contribution in [-0.4, -0.2) is 17.5 Å². The number of benzene rings is 1. The molecule has 0 aromatic heterocycles. The molecule has 0 N–H and O–H groups in total. The van der Waals surface area contributed by atoms with Gasteiger partial charge in [0.2, 0.25) is 5.83 Å². The summed E-state index contributed by atoms with van der Waals surface area (Å²) >= 11 is 0. The van der Waals surface area contributed by atoms with Crippen molar-refractivity contribution in [3.8, 4) is 0 Å². The molecule has 0 fully saturated rings. The van der Waals surface area contributed by atoms with Gasteiger partial charge >= 0.3 is 5.97 Å². The highest BCUT2D eigenvalue weighted by Gasteiger charge is 2.10. The van der Waals surface area contributed by atoms with Gasteiger partial charge in [0, 0.05) is 12.1 Å². The Morgan fingerprint density at radius 1 is 1.47 bits per heavy atom. The zero-order valence-corrected chi connectivity index (χ0v) is 9.05. The SMILES string of the molecule is CCOC(=O)C(F)=Cc1ccc([N+](=O)[O-])cc1. The molecule has 0 saturated heterocycles. The van der Waals surface area contributed by atoms with Crippen molar-refractivity contribution < 1.29 is 18.8 Å². The van der Waals surface area contributed by atoms with Gasteiger partial charge in [-0.1, -0.05) is 0 Å². The van der Waals surface area contributed by atoms with E-state index in [4.69, 9.17) is 0 Å². The number of non-ortho nitro benzene ring substituents is 1. The number of nitro benzene ring substituents is 1. The maximum absolute atomic E-state index is 13.2. The van der Waals surface area contributed by atoms with E-state index in [9.17, 15) is 19.3 Å². The summed E-state index contributed by atoms with van der Waals surface area (Å²) in [4.78, 5) is 20.8. The van der Waals surface area contributed by atoms with Crippen LogP contribution < -0.4 is 0 Å². The summed E-state index contributed by atoms with van der Waals surface area (Å²) in [6.07, 6.45) is 0.960. The van der Waals surface area contributed by atoms with Crippen LogP contribution in [0.5, 0.6) is 0 Å². The first kappa shape index (κ1) is 12.8. The molecule has 6 heteroatoms. The van der Waals surface area contributed by atoms with Crippen molar-refractivity contribution in [2.45, 2.75) is 6.92 Å². The Labute approximate surface area is 96.7 Å². The number of hydrogen-bond donors (Lipinski definition) is 0. The van der Waals surface area contributed by atoms with Crippen LogP contribution in [0.4, 0.5) is 10.1 Å². The second-order valence-corrected chi connectivity index (χ2v) is 3.06. The number of esters is 1. The molecule has 1 rings (SSSR count). The second-order valence-electron chi connectivity index (χ2n) is 3.06. The molecule has 0 aliphatic rings. The fourth-order valence-electron chi connectivity index (χ4n) is 1.10. The lowest BCUT2D eigenvalue weighted by Gasteiger charge is -1.98. The predicted molar refractivity (Wildman–Crippen MR) is 58.8 cm³/mol. The molecule has 17 heavy (non-hydrogen) atoms. The lowest BCUT2D eigenvalue weighted by atomic mass is 10.2. The molecule has 5 nitrogen and oxygen atoms in total. The van der Waals surface area contributed by atoms with E-state index in [-0.39, 0.29) is 12.3 Å². The van der Waals surface area contributed by atoms with Gasteiger partial charge in [-0.25, -0.2) is 4.79 Å². The number of rotatable bonds is 4. The molecule has 0 spiro atoms. The number of nitrogens with zero attached hydrogens (tertiary/aromatic N) is 1. The van der Waals surface area contributed by atoms with Gasteiger partial charge in [-0.05, 0) is 30.7 Å². The van der Waals surface area contributed by atoms with Crippen LogP contribution in [0.3, 0.4) is 0 Å². The molecule has 0 radical (unpaired) electrons. The molecular weight excluding hydrogens is 229 g/mol. The van der Waals surface area contributed by atoms with Crippen LogP contribution in [0.2, 0.25) is 0 Å². The van der Waals surface area contributed by atoms with Crippen molar-refractivity contribution in [1.29, 1.82) is 0 Å². The average Bonchev–Trinajstić information content (AvgIpc) is 2.30. The summed E-state index contributed by atoms with van der Waals surface area (Å²) < 4.78 is 17.6. The Bertz CT molecular complexity index is 453. The lowest BCUT2D eigenvalue weighted by molar-refractivity contribution is -0.384. The minimum Gasteiger partial charge on any atom is -0.461 e. The first-order valence-corrected chi connectivity index (χ1v) is 4.83. The molecule has 0 aliphatic carbocycles. The number of carbonyl (C=O) groups is 1. The van der Waals surface area contributed by atoms with Crippen LogP contribution in [-0.2, 0) is 9.53 Å². The first-order valence-electron chi connectivity index (χ1n) is 4.83. The van der Waals surface area contributed by atoms with Crippen molar-refractivity contribution in [1.82, 2.24) is 0 Å². The minimum absolute atomic E-state index is 0.0837. The standard InChI is InChI=1S/C11H10FNO4/c1-2-17-11(14)10(12)7-8-3-5-9(6-4-8)13(15)16/h3-7H,2H2,1H3. The minimum atomic E-state index is -1.05. The van der Waals surface area contributed by atoms with E-state index in [0.717, 1.165) is 6.08 Å². The number of hydrogen-bond acceptors (Lipinski definition) is 4. The molecule has 0 atom stereocenters. The zero-order chi connectivity index (χ0) is 12.8. The van der Waals surface area contributed by atoms with E-state index < -0.39 is 16.7 Å². The van der Waals surface area contributed by atoms with E-state index in [2.05, 4.69) is 4.74 Å². The summed E-state index contributed by atoms with van der Waals surface area (Å²) in [7, 11) is 0. The molecule has 0 unspecified atom stereocenters. The normalized spacial score (nSPS) is 11.1. The molecule has 0 aliphatic heterocycles. The van der Waals surface area contributed by atoms with E-state index in [1.807, 2.05) is 0 Å². The van der Waals surface area contributed by atoms with Gasteiger partial charge in [0.15, 0.2) is 0 Å². The van der Waals surface area contributed by atoms with Crippen molar-refractivity contribution in [3.05, 3.63) is 45.8 Å². The summed E-state index contributed by atoms with van der Waals surface area (Å²) in [5.74, 6) is -2.09. The summed E-state index contributed by atoms with van der Waals surface area (Å²) in [6, 6.07) is 5.14. The molecule has 90 valence electrons. The van der Waals surface area contributed by atoms with Crippen molar-refractivity contribution in [3.63, 3.8) is 0 Å². The topological polar surface area (TPSA) is 69.4 Å². The highest BCUT2D eigenvalue weighted by atomic mass is 19.1. The average molecular weight is 239 g/mol. The van der Waals surface area contributed by atoms with Gasteiger partial charge in [0.25, 0.3) is 5.69 Å². The van der Waals surface area contributed by atoms with Crippen molar-refractivity contribution >= 4 is 17.7 Å². The maximum atomic E-state index is 13.2. The fraction of sp³-hybridized carbons (Fsp3) is 0.182. The summed E-state index contributed by atoms with van der Waals surface area (Å²) in [5, 5.41) is 10.4. The quantitative estimate of drug-likeness (QED) is 0.350. The van der Waals surface area contributed by atoms with Crippen molar-refractivity contribution in [2.75, 3.05) is 6.61 Å². The summed E-state index contributed by atoms with van der Waals surface area (Å²) in [5.41, 5.74) is 0.250. The largest absolute Gasteiger partial charge is 0.461 e. The highest BCUT2D eigenvalue weighted by Crippen LogP contribution is 2.15. The van der Waals surface area contributed by atoms with Gasteiger partial charge in [-0.3, -0.25) is 10.1 Å². The zero-order valence-electron chi connectivity index (χ0n) is 9.05. The van der Waals surface area contributed by atoms with Gasteiger partial charge in [-0.15, -0.1) is 0 Å². The van der Waals surface area contributed by atoms with E-state index >= 15 is 0 Å². The predicted octanol–water partition coefficient (Wildman–Crippen LogP) is 2.47. The van der Waals surface area contributed by atoms with E-state index in [1.165, 1.54) is 24.3 Å². The van der Waals surface area contributed by atoms with Gasteiger partial charge in [0.05, 0.1) is 11.5 Å². The van der Waals surface area contributed by atoms with E-state index in [1.54, 1.807) is 6.92 Å². The third kappa shape index (κ3) is 3.67. The number of halogens is 1. The smallest absolute Gasteiger partial charge is 0.367 e. The molecular formula is C11H10FNO4. The first-order chi connectivity index (χ1) is 8.04. The Hall–Kier alpha value is -2.24. The third-order valence-electron chi connectivity index (χ3n) is 1.87. The molecule has 1 aromatic rings. The Balaban J connectivity index is 2.84. The van der Waals surface area contributed by atoms with Gasteiger partial charge < -0.3 is 4.74 Å². The van der Waals surface area contributed by atoms with Crippen LogP contribution >= 0.6 is 0 Å². The molecule has 1 aromatic carbocycles. The van der Waals surface area contributed by atoms with Crippen molar-refractivity contribution in [2.24, 2.45) is 0 Å². The van der Waals surface area contributed by atoms with E-state index in [0.29, 0.717) is 5.56 Å². The van der Waals surface area contributed by atoms with Crippen LogP contribution in [0.15, 0.2) is 30.1 Å². The Morgan fingerprint density at radius 3 is 2.53 bits per heavy atom. The monoisotopic (exact) mass is 239 g/mol. The highest BCUT2D eigenvalue weighted by molar-refractivity contribution is 5.91. The number of nitro groups is 1. The molecule has 0 amide bonds. The number of carbonyl (C=O) groups excluding carboxylic acids is 1. The fourth-order valence-corrected chi connectivity index (χ4v) is 1.10. The van der Waals surface area contributed by atoms with Gasteiger partial charge in [0.1, 0.15) is 0 Å². The lowest BCUT2D eigenvalue weighted by Crippen LogP contribution is -2.03. The second kappa shape index (κ2) is 5.74. The summed E-state index contributed by atoms with van der Waals surface area (Å²) in [6.45, 7) is 1.65. The van der Waals surface area contributed by atoms with Gasteiger partial charge in [-0.2, -0.15) is 4.39 Å². The number of ether oxygens (including phenoxy) is 1. The molecule has 0 bridgehead atoms. The maximum Gasteiger partial charge on any atom is 0.367 e. The van der Waals surface area contributed by atoms with Crippen LogP contribution in [0.25, 0.3) is 6.08 Å². The van der Waals surface area contributed by atoms with Crippen LogP contribution in [0.1, 0.15) is 12.5 Å². The Kier molecular flexibility index (Phi) is 4.33. The molecule has 0 saturated carbocycles. The third-order valence-corrected chi connectivity index (χ3v) is 1.87.